The van der Waals surface area contributed by atoms with E-state index in [1.165, 1.54) is 34.6 Å². The molecule has 2 aliphatic rings. The van der Waals surface area contributed by atoms with Crippen LogP contribution in [0.1, 0.15) is 52.2 Å². The second-order valence-corrected chi connectivity index (χ2v) is 6.95. The predicted octanol–water partition coefficient (Wildman–Crippen LogP) is 2.61. The van der Waals surface area contributed by atoms with Crippen LogP contribution in [0.2, 0.25) is 0 Å². The summed E-state index contributed by atoms with van der Waals surface area (Å²) < 4.78 is 0. The predicted molar refractivity (Wildman–Crippen MR) is 77.2 cm³/mol. The van der Waals surface area contributed by atoms with E-state index in [2.05, 4.69) is 5.32 Å². The lowest BCUT2D eigenvalue weighted by Gasteiger charge is -2.13. The van der Waals surface area contributed by atoms with Crippen LogP contribution in [-0.2, 0) is 17.6 Å². The fourth-order valence-corrected chi connectivity index (χ4v) is 3.90. The molecule has 4 nitrogen and oxygen atoms in total. The zero-order valence-electron chi connectivity index (χ0n) is 11.4. The number of aliphatic carboxylic acids is 1. The van der Waals surface area contributed by atoms with Gasteiger partial charge in [-0.15, -0.1) is 11.3 Å². The van der Waals surface area contributed by atoms with E-state index in [-0.39, 0.29) is 5.91 Å². The van der Waals surface area contributed by atoms with Crippen molar-refractivity contribution in [3.8, 4) is 0 Å². The van der Waals surface area contributed by atoms with Gasteiger partial charge in [0.1, 0.15) is 6.04 Å². The summed E-state index contributed by atoms with van der Waals surface area (Å²) in [5, 5.41) is 11.9. The topological polar surface area (TPSA) is 66.4 Å². The number of amides is 1. The molecule has 0 spiro atoms. The lowest BCUT2D eigenvalue weighted by Crippen LogP contribution is -2.40. The number of carboxylic acid groups (broad SMARTS) is 1. The van der Waals surface area contributed by atoms with E-state index >= 15 is 0 Å². The SMILES string of the molecule is O=C(NC(CC1CC1)C(=O)O)c1cc2c(s1)CCCC2. The molecule has 0 aliphatic heterocycles. The van der Waals surface area contributed by atoms with Crippen LogP contribution in [0, 0.1) is 5.92 Å². The molecule has 1 aromatic heterocycles. The Morgan fingerprint density at radius 1 is 1.35 bits per heavy atom. The van der Waals surface area contributed by atoms with Crippen LogP contribution in [0.4, 0.5) is 0 Å². The zero-order valence-corrected chi connectivity index (χ0v) is 12.2. The average Bonchev–Trinajstić information content (AvgIpc) is 3.13. The maximum Gasteiger partial charge on any atom is 0.326 e. The Bertz CT molecular complexity index is 510. The van der Waals surface area contributed by atoms with E-state index in [9.17, 15) is 14.7 Å². The van der Waals surface area contributed by atoms with Crippen molar-refractivity contribution in [2.75, 3.05) is 0 Å². The molecule has 0 aromatic carbocycles. The van der Waals surface area contributed by atoms with Crippen molar-refractivity contribution < 1.29 is 14.7 Å². The number of hydrogen-bond donors (Lipinski definition) is 2. The van der Waals surface area contributed by atoms with Crippen LogP contribution in [0.3, 0.4) is 0 Å². The summed E-state index contributed by atoms with van der Waals surface area (Å²) in [5.74, 6) is -0.669. The quantitative estimate of drug-likeness (QED) is 0.877. The highest BCUT2D eigenvalue weighted by Crippen LogP contribution is 2.34. The first kappa shape index (κ1) is 13.6. The molecule has 0 radical (unpaired) electrons. The number of carbonyl (C=O) groups is 2. The van der Waals surface area contributed by atoms with Crippen LogP contribution in [0.5, 0.6) is 0 Å². The van der Waals surface area contributed by atoms with Crippen LogP contribution < -0.4 is 5.32 Å². The lowest BCUT2D eigenvalue weighted by molar-refractivity contribution is -0.139. The first-order valence-corrected chi connectivity index (χ1v) is 8.10. The van der Waals surface area contributed by atoms with Gasteiger partial charge in [-0.25, -0.2) is 4.79 Å². The number of nitrogens with one attached hydrogen (secondary N) is 1. The first-order valence-electron chi connectivity index (χ1n) is 7.28. The Hall–Kier alpha value is -1.36. The number of rotatable bonds is 5. The van der Waals surface area contributed by atoms with Gasteiger partial charge in [0.15, 0.2) is 0 Å². The minimum absolute atomic E-state index is 0.225. The van der Waals surface area contributed by atoms with Gasteiger partial charge in [0.25, 0.3) is 5.91 Å². The molecule has 1 unspecified atom stereocenters. The van der Waals surface area contributed by atoms with Crippen molar-refractivity contribution in [3.05, 3.63) is 21.4 Å². The Balaban J connectivity index is 1.67. The van der Waals surface area contributed by atoms with Crippen molar-refractivity contribution in [1.82, 2.24) is 5.32 Å². The summed E-state index contributed by atoms with van der Waals surface area (Å²) in [6, 6.07) is 1.21. The van der Waals surface area contributed by atoms with Gasteiger partial charge in [-0.05, 0) is 49.7 Å². The van der Waals surface area contributed by atoms with Crippen molar-refractivity contribution in [1.29, 1.82) is 0 Å². The highest BCUT2D eigenvalue weighted by molar-refractivity contribution is 7.14. The van der Waals surface area contributed by atoms with E-state index in [0.717, 1.165) is 25.7 Å². The Morgan fingerprint density at radius 3 is 2.75 bits per heavy atom. The van der Waals surface area contributed by atoms with E-state index in [0.29, 0.717) is 17.2 Å². The Kier molecular flexibility index (Phi) is 3.78. The third-order valence-corrected chi connectivity index (χ3v) is 5.33. The third kappa shape index (κ3) is 3.03. The lowest BCUT2D eigenvalue weighted by atomic mass is 9.99. The summed E-state index contributed by atoms with van der Waals surface area (Å²) in [6.07, 6.45) is 7.21. The van der Waals surface area contributed by atoms with E-state index in [1.54, 1.807) is 0 Å². The molecule has 0 bridgehead atoms. The molecule has 1 atom stereocenters. The standard InChI is InChI=1S/C15H19NO3S/c17-14(16-11(15(18)19)7-9-5-6-9)13-8-10-3-1-2-4-12(10)20-13/h8-9,11H,1-7H2,(H,16,17)(H,18,19). The van der Waals surface area contributed by atoms with E-state index in [1.807, 2.05) is 6.07 Å². The molecule has 108 valence electrons. The van der Waals surface area contributed by atoms with Gasteiger partial charge >= 0.3 is 5.97 Å². The smallest absolute Gasteiger partial charge is 0.326 e. The first-order chi connectivity index (χ1) is 9.63. The summed E-state index contributed by atoms with van der Waals surface area (Å²) in [5.41, 5.74) is 1.28. The second-order valence-electron chi connectivity index (χ2n) is 5.81. The molecule has 2 N–H and O–H groups in total. The molecule has 3 rings (SSSR count). The molecule has 0 saturated heterocycles. The molecule has 5 heteroatoms. The largest absolute Gasteiger partial charge is 0.480 e. The summed E-state index contributed by atoms with van der Waals surface area (Å²) in [4.78, 5) is 25.4. The average molecular weight is 293 g/mol. The van der Waals surface area contributed by atoms with Gasteiger partial charge in [-0.2, -0.15) is 0 Å². The number of hydrogen-bond acceptors (Lipinski definition) is 3. The molecule has 1 fully saturated rings. The maximum atomic E-state index is 12.2. The monoisotopic (exact) mass is 293 g/mol. The number of thiophene rings is 1. The number of carbonyl (C=O) groups excluding carboxylic acids is 1. The van der Waals surface area contributed by atoms with Crippen molar-refractivity contribution in [2.45, 2.75) is 51.0 Å². The molecule has 20 heavy (non-hydrogen) atoms. The van der Waals surface area contributed by atoms with Gasteiger partial charge in [0.05, 0.1) is 4.88 Å². The normalized spacial score (nSPS) is 19.2. The van der Waals surface area contributed by atoms with Crippen molar-refractivity contribution in [3.63, 3.8) is 0 Å². The van der Waals surface area contributed by atoms with Gasteiger partial charge in [0.2, 0.25) is 0 Å². The summed E-state index contributed by atoms with van der Waals surface area (Å²) in [6.45, 7) is 0. The minimum Gasteiger partial charge on any atom is -0.480 e. The fourth-order valence-electron chi connectivity index (χ4n) is 2.74. The van der Waals surface area contributed by atoms with Crippen LogP contribution in [0.25, 0.3) is 0 Å². The molecule has 1 heterocycles. The highest BCUT2D eigenvalue weighted by atomic mass is 32.1. The second kappa shape index (κ2) is 5.56. The van der Waals surface area contributed by atoms with Gasteiger partial charge in [0, 0.05) is 4.88 Å². The molecule has 1 aromatic rings. The van der Waals surface area contributed by atoms with Crippen LogP contribution in [0.15, 0.2) is 6.07 Å². The molecule has 2 aliphatic carbocycles. The minimum atomic E-state index is -0.924. The summed E-state index contributed by atoms with van der Waals surface area (Å²) in [7, 11) is 0. The highest BCUT2D eigenvalue weighted by Gasteiger charge is 2.30. The van der Waals surface area contributed by atoms with E-state index < -0.39 is 12.0 Å². The number of carboxylic acids is 1. The zero-order chi connectivity index (χ0) is 14.1. The van der Waals surface area contributed by atoms with E-state index in [4.69, 9.17) is 0 Å². The van der Waals surface area contributed by atoms with Crippen LogP contribution >= 0.6 is 11.3 Å². The van der Waals surface area contributed by atoms with Gasteiger partial charge in [-0.1, -0.05) is 12.8 Å². The maximum absolute atomic E-state index is 12.2. The molecule has 1 amide bonds. The molecule has 1 saturated carbocycles. The van der Waals surface area contributed by atoms with Crippen molar-refractivity contribution >= 4 is 23.2 Å². The summed E-state index contributed by atoms with van der Waals surface area (Å²) >= 11 is 1.53. The van der Waals surface area contributed by atoms with Crippen LogP contribution in [-0.4, -0.2) is 23.0 Å². The fraction of sp³-hybridized carbons (Fsp3) is 0.600. The molecular weight excluding hydrogens is 274 g/mol. The molecular formula is C15H19NO3S. The number of aryl methyl sites for hydroxylation is 2. The Morgan fingerprint density at radius 2 is 2.10 bits per heavy atom. The van der Waals surface area contributed by atoms with Gasteiger partial charge < -0.3 is 10.4 Å². The third-order valence-electron chi connectivity index (χ3n) is 4.09. The van der Waals surface area contributed by atoms with Crippen molar-refractivity contribution in [2.24, 2.45) is 5.92 Å². The number of fused-ring (bicyclic) bond motifs is 1. The van der Waals surface area contributed by atoms with Gasteiger partial charge in [-0.3, -0.25) is 4.79 Å². The Labute approximate surface area is 122 Å².